The maximum Gasteiger partial charge on any atom is 0.276 e. The topological polar surface area (TPSA) is 112 Å². The summed E-state index contributed by atoms with van der Waals surface area (Å²) in [5, 5.41) is 17.8. The third-order valence-corrected chi connectivity index (χ3v) is 2.32. The van der Waals surface area contributed by atoms with Crippen molar-refractivity contribution >= 4 is 23.0 Å². The van der Waals surface area contributed by atoms with Gasteiger partial charge in [-0.05, 0) is 6.92 Å². The van der Waals surface area contributed by atoms with Crippen molar-refractivity contribution in [1.82, 2.24) is 14.8 Å². The van der Waals surface area contributed by atoms with E-state index in [-0.39, 0.29) is 11.5 Å². The molecule has 2 aromatic rings. The largest absolute Gasteiger partial charge is 0.383 e. The van der Waals surface area contributed by atoms with Crippen molar-refractivity contribution in [1.29, 1.82) is 0 Å². The number of rotatable bonds is 3. The molecular weight excluding hydrogens is 236 g/mol. The lowest BCUT2D eigenvalue weighted by molar-refractivity contribution is -0.384. The first-order chi connectivity index (χ1) is 8.45. The van der Waals surface area contributed by atoms with Crippen LogP contribution in [-0.2, 0) is 7.05 Å². The van der Waals surface area contributed by atoms with Crippen molar-refractivity contribution in [3.8, 4) is 0 Å². The van der Waals surface area contributed by atoms with Crippen LogP contribution in [0, 0.1) is 17.0 Å². The smallest absolute Gasteiger partial charge is 0.276 e. The number of nitrogens with one attached hydrogen (secondary N) is 1. The zero-order valence-electron chi connectivity index (χ0n) is 9.91. The highest BCUT2D eigenvalue weighted by molar-refractivity contribution is 5.62. The van der Waals surface area contributed by atoms with E-state index in [1.807, 2.05) is 6.92 Å². The summed E-state index contributed by atoms with van der Waals surface area (Å²) in [7, 11) is 1.79. The minimum Gasteiger partial charge on any atom is -0.383 e. The molecule has 18 heavy (non-hydrogen) atoms. The van der Waals surface area contributed by atoms with Crippen LogP contribution in [0.15, 0.2) is 18.3 Å². The Labute approximate surface area is 103 Å². The Bertz CT molecular complexity index is 606. The molecule has 8 heteroatoms. The SMILES string of the molecule is Cc1nn(C)cc1Nc1cc([N+](=O)[O-])cc(N)n1. The predicted octanol–water partition coefficient (Wildman–Crippen LogP) is 1.36. The number of hydrogen-bond acceptors (Lipinski definition) is 6. The third-order valence-electron chi connectivity index (χ3n) is 2.32. The fourth-order valence-corrected chi connectivity index (χ4v) is 1.57. The van der Waals surface area contributed by atoms with E-state index in [1.54, 1.807) is 17.9 Å². The molecule has 2 aromatic heterocycles. The van der Waals surface area contributed by atoms with Crippen LogP contribution in [0.5, 0.6) is 0 Å². The molecule has 0 aliphatic rings. The number of nitrogens with two attached hydrogens (primary N) is 1. The number of nitro groups is 1. The van der Waals surface area contributed by atoms with E-state index in [9.17, 15) is 10.1 Å². The highest BCUT2D eigenvalue weighted by Gasteiger charge is 2.11. The first-order valence-corrected chi connectivity index (χ1v) is 5.15. The molecule has 0 amide bonds. The molecule has 0 bridgehead atoms. The molecule has 0 atom stereocenters. The zero-order valence-corrected chi connectivity index (χ0v) is 9.91. The molecule has 0 aliphatic carbocycles. The number of anilines is 3. The van der Waals surface area contributed by atoms with Crippen LogP contribution in [0.1, 0.15) is 5.69 Å². The molecule has 0 saturated carbocycles. The Morgan fingerprint density at radius 1 is 1.50 bits per heavy atom. The molecule has 3 N–H and O–H groups in total. The van der Waals surface area contributed by atoms with Gasteiger partial charge in [-0.25, -0.2) is 4.98 Å². The molecule has 0 aromatic carbocycles. The first kappa shape index (κ1) is 11.8. The third kappa shape index (κ3) is 2.37. The summed E-state index contributed by atoms with van der Waals surface area (Å²) in [6.07, 6.45) is 1.76. The molecule has 0 unspecified atom stereocenters. The molecule has 0 spiro atoms. The second-order valence-electron chi connectivity index (χ2n) is 3.82. The Morgan fingerprint density at radius 3 is 2.78 bits per heavy atom. The molecule has 94 valence electrons. The van der Waals surface area contributed by atoms with Crippen molar-refractivity contribution in [3.63, 3.8) is 0 Å². The summed E-state index contributed by atoms with van der Waals surface area (Å²) in [4.78, 5) is 14.2. The van der Waals surface area contributed by atoms with Gasteiger partial charge in [0.1, 0.15) is 11.6 Å². The monoisotopic (exact) mass is 248 g/mol. The molecule has 2 heterocycles. The molecule has 8 nitrogen and oxygen atoms in total. The lowest BCUT2D eigenvalue weighted by Gasteiger charge is -2.04. The summed E-state index contributed by atoms with van der Waals surface area (Å²) in [5.74, 6) is 0.408. The number of nitrogen functional groups attached to an aromatic ring is 1. The minimum atomic E-state index is -0.515. The summed E-state index contributed by atoms with van der Waals surface area (Å²) >= 11 is 0. The van der Waals surface area contributed by atoms with Crippen LogP contribution in [0.25, 0.3) is 0 Å². The summed E-state index contributed by atoms with van der Waals surface area (Å²) in [6.45, 7) is 1.82. The predicted molar refractivity (Wildman–Crippen MR) is 66.5 cm³/mol. The Balaban J connectivity index is 2.34. The summed E-state index contributed by atoms with van der Waals surface area (Å²) in [6, 6.07) is 2.53. The van der Waals surface area contributed by atoms with Gasteiger partial charge in [0.25, 0.3) is 5.69 Å². The van der Waals surface area contributed by atoms with E-state index in [0.717, 1.165) is 11.4 Å². The van der Waals surface area contributed by atoms with Crippen LogP contribution in [0.2, 0.25) is 0 Å². The van der Waals surface area contributed by atoms with Gasteiger partial charge in [-0.2, -0.15) is 5.10 Å². The number of pyridine rings is 1. The van der Waals surface area contributed by atoms with Crippen molar-refractivity contribution in [2.75, 3.05) is 11.1 Å². The lowest BCUT2D eigenvalue weighted by Crippen LogP contribution is -2.00. The Morgan fingerprint density at radius 2 is 2.22 bits per heavy atom. The van der Waals surface area contributed by atoms with E-state index < -0.39 is 4.92 Å². The van der Waals surface area contributed by atoms with Gasteiger partial charge >= 0.3 is 0 Å². The number of hydrogen-bond donors (Lipinski definition) is 2. The Kier molecular flexibility index (Phi) is 2.84. The van der Waals surface area contributed by atoms with Crippen molar-refractivity contribution < 1.29 is 4.92 Å². The average Bonchev–Trinajstić information content (AvgIpc) is 2.56. The van der Waals surface area contributed by atoms with Crippen LogP contribution >= 0.6 is 0 Å². The fraction of sp³-hybridized carbons (Fsp3) is 0.200. The lowest BCUT2D eigenvalue weighted by atomic mass is 10.3. The van der Waals surface area contributed by atoms with E-state index in [2.05, 4.69) is 15.4 Å². The second kappa shape index (κ2) is 4.32. The van der Waals surface area contributed by atoms with Crippen LogP contribution in [0.4, 0.5) is 23.0 Å². The van der Waals surface area contributed by atoms with E-state index in [1.165, 1.54) is 12.1 Å². The molecule has 0 aliphatic heterocycles. The fourth-order valence-electron chi connectivity index (χ4n) is 1.57. The number of aromatic nitrogens is 3. The minimum absolute atomic E-state index is 0.0910. The molecule has 0 radical (unpaired) electrons. The quantitative estimate of drug-likeness (QED) is 0.626. The standard InChI is InChI=1S/C10H12N6O2/c1-6-8(5-15(2)14-6)12-10-4-7(16(17)18)3-9(11)13-10/h3-5H,1-2H3,(H3,11,12,13). The number of aryl methyl sites for hydroxylation is 2. The van der Waals surface area contributed by atoms with Crippen molar-refractivity contribution in [2.24, 2.45) is 7.05 Å². The summed E-state index contributed by atoms with van der Waals surface area (Å²) < 4.78 is 1.64. The molecule has 2 rings (SSSR count). The molecule has 0 fully saturated rings. The molecule has 0 saturated heterocycles. The van der Waals surface area contributed by atoms with Gasteiger partial charge in [-0.3, -0.25) is 14.8 Å². The van der Waals surface area contributed by atoms with Gasteiger partial charge in [0.05, 0.1) is 28.4 Å². The van der Waals surface area contributed by atoms with Gasteiger partial charge in [0.2, 0.25) is 0 Å². The zero-order chi connectivity index (χ0) is 13.3. The maximum atomic E-state index is 10.7. The van der Waals surface area contributed by atoms with Gasteiger partial charge in [-0.1, -0.05) is 0 Å². The van der Waals surface area contributed by atoms with E-state index in [0.29, 0.717) is 5.82 Å². The normalized spacial score (nSPS) is 10.3. The number of nitrogens with zero attached hydrogens (tertiary/aromatic N) is 4. The van der Waals surface area contributed by atoms with Gasteiger partial charge < -0.3 is 11.1 Å². The Hall–Kier alpha value is -2.64. The van der Waals surface area contributed by atoms with Gasteiger partial charge in [0.15, 0.2) is 0 Å². The van der Waals surface area contributed by atoms with Crippen LogP contribution in [0.3, 0.4) is 0 Å². The van der Waals surface area contributed by atoms with Gasteiger partial charge in [0, 0.05) is 13.2 Å². The van der Waals surface area contributed by atoms with Crippen molar-refractivity contribution in [2.45, 2.75) is 6.92 Å². The molecular formula is C10H12N6O2. The van der Waals surface area contributed by atoms with E-state index in [4.69, 9.17) is 5.73 Å². The van der Waals surface area contributed by atoms with Gasteiger partial charge in [-0.15, -0.1) is 0 Å². The first-order valence-electron chi connectivity index (χ1n) is 5.15. The average molecular weight is 248 g/mol. The van der Waals surface area contributed by atoms with Crippen LogP contribution < -0.4 is 11.1 Å². The highest BCUT2D eigenvalue weighted by Crippen LogP contribution is 2.23. The maximum absolute atomic E-state index is 10.7. The van der Waals surface area contributed by atoms with E-state index >= 15 is 0 Å². The highest BCUT2D eigenvalue weighted by atomic mass is 16.6. The summed E-state index contributed by atoms with van der Waals surface area (Å²) in [5.41, 5.74) is 6.91. The second-order valence-corrected chi connectivity index (χ2v) is 3.82. The van der Waals surface area contributed by atoms with Crippen molar-refractivity contribution in [3.05, 3.63) is 34.1 Å². The van der Waals surface area contributed by atoms with Crippen LogP contribution in [-0.4, -0.2) is 19.7 Å².